The van der Waals surface area contributed by atoms with Gasteiger partial charge < -0.3 is 5.11 Å². The lowest BCUT2D eigenvalue weighted by molar-refractivity contribution is -0.137. The Bertz CT molecular complexity index is 245. The minimum absolute atomic E-state index is 0.358. The minimum atomic E-state index is -0.636. The van der Waals surface area contributed by atoms with Crippen molar-refractivity contribution in [1.29, 1.82) is 0 Å². The zero-order valence-electron chi connectivity index (χ0n) is 9.12. The molecule has 0 aliphatic heterocycles. The first kappa shape index (κ1) is 10.0. The number of hydrogen-bond donors (Lipinski definition) is 1. The Balaban J connectivity index is 2.01. The van der Waals surface area contributed by atoms with Crippen molar-refractivity contribution in [2.45, 2.75) is 46.0 Å². The van der Waals surface area contributed by atoms with Gasteiger partial charge in [-0.2, -0.15) is 0 Å². The lowest BCUT2D eigenvalue weighted by Gasteiger charge is -2.38. The van der Waals surface area contributed by atoms with Crippen molar-refractivity contribution in [2.24, 2.45) is 23.2 Å². The first-order valence-electron chi connectivity index (χ1n) is 5.73. The van der Waals surface area contributed by atoms with Crippen molar-refractivity contribution in [3.8, 4) is 0 Å². The Hall–Kier alpha value is -0.530. The summed E-state index contributed by atoms with van der Waals surface area (Å²) in [4.78, 5) is 10.6. The third-order valence-corrected chi connectivity index (χ3v) is 4.72. The molecule has 0 unspecified atom stereocenters. The monoisotopic (exact) mass is 196 g/mol. The number of carboxylic acid groups (broad SMARTS) is 1. The topological polar surface area (TPSA) is 37.3 Å². The van der Waals surface area contributed by atoms with Crippen LogP contribution in [0.1, 0.15) is 46.0 Å². The molecule has 0 heterocycles. The number of rotatable bonds is 3. The molecular formula is C12H20O2. The normalized spacial score (nSPS) is 38.9. The number of fused-ring (bicyclic) bond motifs is 2. The van der Waals surface area contributed by atoms with Gasteiger partial charge in [0.2, 0.25) is 0 Å². The number of carboxylic acids is 1. The van der Waals surface area contributed by atoms with Gasteiger partial charge in [-0.1, -0.05) is 13.8 Å². The third-order valence-electron chi connectivity index (χ3n) is 4.72. The van der Waals surface area contributed by atoms with Crippen LogP contribution in [0.5, 0.6) is 0 Å². The van der Waals surface area contributed by atoms with Gasteiger partial charge in [0.1, 0.15) is 0 Å². The van der Waals surface area contributed by atoms with Gasteiger partial charge in [0.05, 0.1) is 0 Å². The fourth-order valence-corrected chi connectivity index (χ4v) is 3.85. The summed E-state index contributed by atoms with van der Waals surface area (Å²) in [6.07, 6.45) is 5.33. The molecule has 0 radical (unpaired) electrons. The molecule has 80 valence electrons. The second-order valence-electron chi connectivity index (χ2n) is 5.63. The van der Waals surface area contributed by atoms with Gasteiger partial charge in [0.25, 0.3) is 0 Å². The van der Waals surface area contributed by atoms with E-state index in [4.69, 9.17) is 5.11 Å². The van der Waals surface area contributed by atoms with E-state index in [-0.39, 0.29) is 0 Å². The predicted molar refractivity (Wildman–Crippen MR) is 55.0 cm³/mol. The van der Waals surface area contributed by atoms with E-state index in [9.17, 15) is 4.79 Å². The van der Waals surface area contributed by atoms with Gasteiger partial charge in [-0.05, 0) is 48.9 Å². The second kappa shape index (κ2) is 3.25. The maximum Gasteiger partial charge on any atom is 0.303 e. The molecule has 0 aromatic rings. The number of hydrogen-bond acceptors (Lipinski definition) is 1. The van der Waals surface area contributed by atoms with Gasteiger partial charge in [0.15, 0.2) is 0 Å². The van der Waals surface area contributed by atoms with Crippen molar-refractivity contribution in [1.82, 2.24) is 0 Å². The van der Waals surface area contributed by atoms with Crippen LogP contribution >= 0.6 is 0 Å². The molecule has 2 aliphatic carbocycles. The zero-order chi connectivity index (χ0) is 10.3. The molecule has 3 atom stereocenters. The van der Waals surface area contributed by atoms with Crippen LogP contribution in [-0.2, 0) is 4.79 Å². The molecule has 0 amide bonds. The average molecular weight is 196 g/mol. The smallest absolute Gasteiger partial charge is 0.303 e. The molecule has 2 nitrogen and oxygen atoms in total. The van der Waals surface area contributed by atoms with Crippen LogP contribution in [0.15, 0.2) is 0 Å². The Labute approximate surface area is 85.7 Å². The van der Waals surface area contributed by atoms with Gasteiger partial charge in [-0.3, -0.25) is 4.79 Å². The van der Waals surface area contributed by atoms with Crippen LogP contribution in [0.4, 0.5) is 0 Å². The zero-order valence-corrected chi connectivity index (χ0v) is 9.12. The second-order valence-corrected chi connectivity index (χ2v) is 5.63. The van der Waals surface area contributed by atoms with E-state index >= 15 is 0 Å². The standard InChI is InChI=1S/C12H20O2/c1-12(2)9-4-3-8(7-9)10(12)5-6-11(13)14/h8-10H,3-7H2,1-2H3,(H,13,14)/t8-,9+,10+/m1/s1. The molecular weight excluding hydrogens is 176 g/mol. The van der Waals surface area contributed by atoms with Crippen molar-refractivity contribution in [3.05, 3.63) is 0 Å². The average Bonchev–Trinajstić information content (AvgIpc) is 2.59. The van der Waals surface area contributed by atoms with Crippen LogP contribution in [0, 0.1) is 23.2 Å². The summed E-state index contributed by atoms with van der Waals surface area (Å²) >= 11 is 0. The highest BCUT2D eigenvalue weighted by atomic mass is 16.4. The fraction of sp³-hybridized carbons (Fsp3) is 0.917. The summed E-state index contributed by atoms with van der Waals surface area (Å²) in [5, 5.41) is 8.71. The van der Waals surface area contributed by atoms with E-state index < -0.39 is 5.97 Å². The predicted octanol–water partition coefficient (Wildman–Crippen LogP) is 2.92. The van der Waals surface area contributed by atoms with E-state index in [0.29, 0.717) is 17.8 Å². The minimum Gasteiger partial charge on any atom is -0.481 e. The molecule has 2 heteroatoms. The van der Waals surface area contributed by atoms with E-state index in [1.165, 1.54) is 19.3 Å². The molecule has 0 aromatic carbocycles. The molecule has 2 bridgehead atoms. The van der Waals surface area contributed by atoms with Gasteiger partial charge in [-0.15, -0.1) is 0 Å². The highest BCUT2D eigenvalue weighted by Crippen LogP contribution is 2.60. The maximum absolute atomic E-state index is 10.6. The Morgan fingerprint density at radius 3 is 2.64 bits per heavy atom. The summed E-state index contributed by atoms with van der Waals surface area (Å²) in [5.41, 5.74) is 0.401. The molecule has 0 aromatic heterocycles. The molecule has 2 saturated carbocycles. The summed E-state index contributed by atoms with van der Waals surface area (Å²) < 4.78 is 0. The number of aliphatic carboxylic acids is 1. The Morgan fingerprint density at radius 1 is 1.43 bits per heavy atom. The highest BCUT2D eigenvalue weighted by molar-refractivity contribution is 5.66. The lowest BCUT2D eigenvalue weighted by atomic mass is 9.67. The lowest BCUT2D eigenvalue weighted by Crippen LogP contribution is -2.31. The van der Waals surface area contributed by atoms with Crippen LogP contribution in [-0.4, -0.2) is 11.1 Å². The van der Waals surface area contributed by atoms with Gasteiger partial charge >= 0.3 is 5.97 Å². The van der Waals surface area contributed by atoms with Gasteiger partial charge in [0, 0.05) is 6.42 Å². The third kappa shape index (κ3) is 1.45. The maximum atomic E-state index is 10.6. The van der Waals surface area contributed by atoms with Crippen molar-refractivity contribution < 1.29 is 9.90 Å². The molecule has 0 saturated heterocycles. The van der Waals surface area contributed by atoms with Crippen molar-refractivity contribution >= 4 is 5.97 Å². The quantitative estimate of drug-likeness (QED) is 0.753. The first-order chi connectivity index (χ1) is 6.51. The van der Waals surface area contributed by atoms with Crippen molar-refractivity contribution in [3.63, 3.8) is 0 Å². The molecule has 2 aliphatic rings. The van der Waals surface area contributed by atoms with Crippen LogP contribution in [0.3, 0.4) is 0 Å². The van der Waals surface area contributed by atoms with Crippen LogP contribution < -0.4 is 0 Å². The summed E-state index contributed by atoms with van der Waals surface area (Å²) in [6, 6.07) is 0. The molecule has 1 N–H and O–H groups in total. The van der Waals surface area contributed by atoms with E-state index in [1.807, 2.05) is 0 Å². The first-order valence-corrected chi connectivity index (χ1v) is 5.73. The SMILES string of the molecule is CC1(C)[C@H]2CC[C@H](C2)[C@@H]1CCC(=O)O. The summed E-state index contributed by atoms with van der Waals surface area (Å²) in [7, 11) is 0. The van der Waals surface area contributed by atoms with Crippen LogP contribution in [0.2, 0.25) is 0 Å². The largest absolute Gasteiger partial charge is 0.481 e. The van der Waals surface area contributed by atoms with Crippen molar-refractivity contribution in [2.75, 3.05) is 0 Å². The van der Waals surface area contributed by atoms with E-state index in [0.717, 1.165) is 18.3 Å². The van der Waals surface area contributed by atoms with E-state index in [1.54, 1.807) is 0 Å². The Kier molecular flexibility index (Phi) is 2.32. The summed E-state index contributed by atoms with van der Waals surface area (Å²) in [6.45, 7) is 4.67. The fourth-order valence-electron chi connectivity index (χ4n) is 3.85. The molecule has 2 rings (SSSR count). The Morgan fingerprint density at radius 2 is 2.14 bits per heavy atom. The van der Waals surface area contributed by atoms with E-state index in [2.05, 4.69) is 13.8 Å². The molecule has 2 fully saturated rings. The summed E-state index contributed by atoms with van der Waals surface area (Å²) in [5.74, 6) is 1.72. The van der Waals surface area contributed by atoms with Gasteiger partial charge in [-0.25, -0.2) is 0 Å². The number of carbonyl (C=O) groups is 1. The van der Waals surface area contributed by atoms with Crippen LogP contribution in [0.25, 0.3) is 0 Å². The molecule has 14 heavy (non-hydrogen) atoms. The molecule has 0 spiro atoms. The highest BCUT2D eigenvalue weighted by Gasteiger charge is 2.51.